The summed E-state index contributed by atoms with van der Waals surface area (Å²) in [5.74, 6) is -0.321. The van der Waals surface area contributed by atoms with Crippen LogP contribution in [0.5, 0.6) is 0 Å². The van der Waals surface area contributed by atoms with Crippen molar-refractivity contribution >= 4 is 32.6 Å². The molecule has 0 aliphatic heterocycles. The molecule has 0 aliphatic rings. The zero-order valence-electron chi connectivity index (χ0n) is 18.8. The van der Waals surface area contributed by atoms with Gasteiger partial charge in [0.15, 0.2) is 0 Å². The molecule has 2 aromatic rings. The fraction of sp³-hybridized carbons (Fsp3) is 0.375. The van der Waals surface area contributed by atoms with E-state index < -0.39 is 6.09 Å². The van der Waals surface area contributed by atoms with Crippen molar-refractivity contribution in [3.8, 4) is 0 Å². The van der Waals surface area contributed by atoms with Crippen LogP contribution in [0.2, 0.25) is 0 Å². The second-order valence-electron chi connectivity index (χ2n) is 6.72. The van der Waals surface area contributed by atoms with Gasteiger partial charge in [-0.1, -0.05) is 67.6 Å². The largest absolute Gasteiger partial charge is 0.445 e. The molecule has 0 radical (unpaired) electrons. The molecule has 0 aromatic heterocycles. The molecule has 8 heteroatoms. The summed E-state index contributed by atoms with van der Waals surface area (Å²) in [7, 11) is 3.23. The van der Waals surface area contributed by atoms with E-state index in [4.69, 9.17) is 9.47 Å². The van der Waals surface area contributed by atoms with Crippen molar-refractivity contribution in [2.75, 3.05) is 27.2 Å². The Labute approximate surface area is 198 Å². The summed E-state index contributed by atoms with van der Waals surface area (Å²) < 4.78 is 11.0. The number of nitrogens with one attached hydrogen (secondary N) is 2. The summed E-state index contributed by atoms with van der Waals surface area (Å²) in [5.41, 5.74) is 2.29. The standard InChI is InChI=1S/C16H22BrN3O4.C8H10/c1-18-14(17)8-13(23-2)9-19-15(21)10-20-16(22)24-11-12-6-4-3-5-7-12;1-2-8-6-4-3-5-7-8/h3-7,13H,8-11H2,1-2H3,(H,19,21)(H,20,22);3-7H,2H2,1H3. The zero-order valence-corrected chi connectivity index (χ0v) is 20.4. The fourth-order valence-electron chi connectivity index (χ4n) is 2.45. The molecule has 0 aliphatic carbocycles. The SMILES string of the molecule is CCc1ccccc1.CN=C(Br)CC(CNC(=O)CNC(=O)OCc1ccccc1)OC. The van der Waals surface area contributed by atoms with E-state index in [-0.39, 0.29) is 25.2 Å². The van der Waals surface area contributed by atoms with Crippen molar-refractivity contribution in [3.63, 3.8) is 0 Å². The van der Waals surface area contributed by atoms with Crippen LogP contribution < -0.4 is 10.6 Å². The molecular weight excluding hydrogens is 474 g/mol. The average Bonchev–Trinajstić information content (AvgIpc) is 2.85. The second kappa shape index (κ2) is 16.9. The van der Waals surface area contributed by atoms with Gasteiger partial charge in [0.25, 0.3) is 0 Å². The molecule has 0 bridgehead atoms. The van der Waals surface area contributed by atoms with Gasteiger partial charge >= 0.3 is 6.09 Å². The van der Waals surface area contributed by atoms with Crippen LogP contribution in [0.4, 0.5) is 4.79 Å². The fourth-order valence-corrected chi connectivity index (χ4v) is 2.81. The number of carbonyl (C=O) groups excluding carboxylic acids is 2. The number of aliphatic imine (C=N–C) groups is 1. The van der Waals surface area contributed by atoms with Crippen molar-refractivity contribution in [2.24, 2.45) is 4.99 Å². The van der Waals surface area contributed by atoms with Gasteiger partial charge in [-0.05, 0) is 33.5 Å². The summed E-state index contributed by atoms with van der Waals surface area (Å²) in [6.45, 7) is 2.48. The number of alkyl carbamates (subject to hydrolysis) is 1. The van der Waals surface area contributed by atoms with Gasteiger partial charge in [0.1, 0.15) is 6.61 Å². The van der Waals surface area contributed by atoms with Crippen molar-refractivity contribution in [1.82, 2.24) is 10.6 Å². The highest BCUT2D eigenvalue weighted by atomic mass is 79.9. The van der Waals surface area contributed by atoms with E-state index in [9.17, 15) is 9.59 Å². The number of benzene rings is 2. The van der Waals surface area contributed by atoms with Gasteiger partial charge in [-0.25, -0.2) is 4.79 Å². The van der Waals surface area contributed by atoms with Gasteiger partial charge < -0.3 is 20.1 Å². The predicted octanol–water partition coefficient (Wildman–Crippen LogP) is 4.11. The zero-order chi connectivity index (χ0) is 23.6. The molecule has 1 atom stereocenters. The lowest BCUT2D eigenvalue weighted by molar-refractivity contribution is -0.120. The highest BCUT2D eigenvalue weighted by Gasteiger charge is 2.12. The number of rotatable bonds is 10. The van der Waals surface area contributed by atoms with Crippen LogP contribution in [-0.4, -0.2) is 50.0 Å². The monoisotopic (exact) mass is 505 g/mol. The first-order chi connectivity index (χ1) is 15.5. The van der Waals surface area contributed by atoms with Crippen LogP contribution in [0, 0.1) is 0 Å². The Hall–Kier alpha value is -2.71. The minimum atomic E-state index is -0.641. The van der Waals surface area contributed by atoms with Crippen molar-refractivity contribution in [1.29, 1.82) is 0 Å². The first-order valence-electron chi connectivity index (χ1n) is 10.4. The number of carbonyl (C=O) groups is 2. The first-order valence-corrected chi connectivity index (χ1v) is 11.2. The Kier molecular flexibility index (Phi) is 14.4. The van der Waals surface area contributed by atoms with E-state index in [0.717, 1.165) is 16.6 Å². The number of amides is 2. The quantitative estimate of drug-likeness (QED) is 0.475. The average molecular weight is 506 g/mol. The molecule has 1 unspecified atom stereocenters. The van der Waals surface area contributed by atoms with Crippen molar-refractivity contribution < 1.29 is 19.1 Å². The maximum atomic E-state index is 11.7. The molecular formula is C24H32BrN3O4. The molecule has 0 saturated heterocycles. The van der Waals surface area contributed by atoms with Gasteiger partial charge in [0.2, 0.25) is 5.91 Å². The molecule has 32 heavy (non-hydrogen) atoms. The van der Waals surface area contributed by atoms with E-state index in [1.807, 2.05) is 36.4 Å². The number of methoxy groups -OCH3 is 1. The second-order valence-corrected chi connectivity index (χ2v) is 7.64. The normalized spacial score (nSPS) is 11.6. The van der Waals surface area contributed by atoms with E-state index >= 15 is 0 Å². The summed E-state index contributed by atoms with van der Waals surface area (Å²) in [4.78, 5) is 27.2. The molecule has 0 fully saturated rings. The molecule has 2 aromatic carbocycles. The number of hydrogen-bond donors (Lipinski definition) is 2. The molecule has 174 valence electrons. The summed E-state index contributed by atoms with van der Waals surface area (Å²) in [5, 5.41) is 5.08. The third-order valence-corrected chi connectivity index (χ3v) is 5.03. The van der Waals surface area contributed by atoms with Crippen LogP contribution in [0.15, 0.2) is 65.7 Å². The van der Waals surface area contributed by atoms with Crippen LogP contribution in [0.3, 0.4) is 0 Å². The lowest BCUT2D eigenvalue weighted by atomic mass is 10.2. The topological polar surface area (TPSA) is 89.0 Å². The molecule has 2 N–H and O–H groups in total. The van der Waals surface area contributed by atoms with E-state index in [0.29, 0.717) is 13.0 Å². The number of ether oxygens (including phenoxy) is 2. The Bertz CT molecular complexity index is 817. The Morgan fingerprint density at radius 2 is 1.59 bits per heavy atom. The Balaban J connectivity index is 0.000000533. The van der Waals surface area contributed by atoms with E-state index in [1.54, 1.807) is 14.2 Å². The molecule has 0 saturated carbocycles. The summed E-state index contributed by atoms with van der Waals surface area (Å²) in [6.07, 6.45) is 0.857. The van der Waals surface area contributed by atoms with Crippen molar-refractivity contribution in [3.05, 3.63) is 71.8 Å². The molecule has 0 heterocycles. The molecule has 2 rings (SSSR count). The van der Waals surface area contributed by atoms with E-state index in [1.165, 1.54) is 5.56 Å². The maximum Gasteiger partial charge on any atom is 0.407 e. The van der Waals surface area contributed by atoms with E-state index in [2.05, 4.69) is 62.7 Å². The van der Waals surface area contributed by atoms with Gasteiger partial charge in [-0.3, -0.25) is 9.79 Å². The van der Waals surface area contributed by atoms with Crippen molar-refractivity contribution in [2.45, 2.75) is 32.5 Å². The highest BCUT2D eigenvalue weighted by Crippen LogP contribution is 2.03. The lowest BCUT2D eigenvalue weighted by Crippen LogP contribution is -2.40. The molecule has 2 amide bonds. The lowest BCUT2D eigenvalue weighted by Gasteiger charge is -2.15. The first kappa shape index (κ1) is 27.3. The predicted molar refractivity (Wildman–Crippen MR) is 131 cm³/mol. The smallest absolute Gasteiger partial charge is 0.407 e. The van der Waals surface area contributed by atoms with Crippen LogP contribution in [-0.2, 0) is 27.3 Å². The van der Waals surface area contributed by atoms with Crippen LogP contribution in [0.25, 0.3) is 0 Å². The molecule has 0 spiro atoms. The number of aryl methyl sites for hydroxylation is 1. The van der Waals surface area contributed by atoms with Crippen LogP contribution >= 0.6 is 15.9 Å². The third-order valence-electron chi connectivity index (χ3n) is 4.36. The summed E-state index contributed by atoms with van der Waals surface area (Å²) >= 11 is 3.30. The third kappa shape index (κ3) is 12.9. The highest BCUT2D eigenvalue weighted by molar-refractivity contribution is 9.18. The molecule has 7 nitrogen and oxygen atoms in total. The number of hydrogen-bond acceptors (Lipinski definition) is 5. The summed E-state index contributed by atoms with van der Waals surface area (Å²) in [6, 6.07) is 19.8. The van der Waals surface area contributed by atoms with Gasteiger partial charge in [-0.2, -0.15) is 0 Å². The minimum Gasteiger partial charge on any atom is -0.445 e. The number of halogens is 1. The number of nitrogens with zero attached hydrogens (tertiary/aromatic N) is 1. The maximum absolute atomic E-state index is 11.7. The van der Waals surface area contributed by atoms with Gasteiger partial charge in [0, 0.05) is 27.1 Å². The Morgan fingerprint density at radius 3 is 2.09 bits per heavy atom. The van der Waals surface area contributed by atoms with Crippen LogP contribution in [0.1, 0.15) is 24.5 Å². The Morgan fingerprint density at radius 1 is 1.00 bits per heavy atom. The minimum absolute atomic E-state index is 0.157. The van der Waals surface area contributed by atoms with Gasteiger partial charge in [-0.15, -0.1) is 0 Å². The van der Waals surface area contributed by atoms with Gasteiger partial charge in [0.05, 0.1) is 17.3 Å².